The number of benzene rings is 3. The van der Waals surface area contributed by atoms with E-state index in [9.17, 15) is 13.2 Å². The lowest BCUT2D eigenvalue weighted by Crippen LogP contribution is -2.15. The number of amides is 1. The second-order valence-electron chi connectivity index (χ2n) is 8.66. The number of nitrogens with zero attached hydrogens (tertiary/aromatic N) is 2. The molecule has 0 radical (unpaired) electrons. The number of carbonyl (C=O) groups is 1. The van der Waals surface area contributed by atoms with Gasteiger partial charge in [-0.3, -0.25) is 14.5 Å². The van der Waals surface area contributed by atoms with Crippen LogP contribution in [0.4, 0.5) is 11.5 Å². The first-order valence-electron chi connectivity index (χ1n) is 10.4. The Kier molecular flexibility index (Phi) is 5.86. The number of hydrogen-bond donors (Lipinski definition) is 2. The molecule has 0 atom stereocenters. The average Bonchev–Trinajstić information content (AvgIpc) is 2.78. The van der Waals surface area contributed by atoms with Crippen molar-refractivity contribution in [2.75, 3.05) is 10.0 Å². The highest BCUT2D eigenvalue weighted by Gasteiger charge is 2.17. The number of para-hydroxylation sites is 2. The van der Waals surface area contributed by atoms with E-state index in [1.54, 1.807) is 42.5 Å². The number of sulfonamides is 1. The molecule has 0 aliphatic heterocycles. The SMILES string of the molecule is CC(C)(C)c1ccc(C(=O)Nc2ccc(S(=O)(=O)Nc3cnc4ccccc4n3)cc2)cc1. The molecule has 0 spiro atoms. The Balaban J connectivity index is 1.46. The van der Waals surface area contributed by atoms with Crippen molar-refractivity contribution in [3.8, 4) is 0 Å². The van der Waals surface area contributed by atoms with Crippen LogP contribution in [0.2, 0.25) is 0 Å². The zero-order valence-electron chi connectivity index (χ0n) is 18.5. The Morgan fingerprint density at radius 1 is 0.848 bits per heavy atom. The van der Waals surface area contributed by atoms with Crippen molar-refractivity contribution >= 4 is 38.5 Å². The predicted octanol–water partition coefficient (Wildman–Crippen LogP) is 4.98. The van der Waals surface area contributed by atoms with Crippen molar-refractivity contribution in [1.82, 2.24) is 9.97 Å². The summed E-state index contributed by atoms with van der Waals surface area (Å²) in [5.74, 6) is -0.139. The van der Waals surface area contributed by atoms with E-state index >= 15 is 0 Å². The van der Waals surface area contributed by atoms with Gasteiger partial charge in [-0.25, -0.2) is 13.4 Å². The Bertz CT molecular complexity index is 1410. The third kappa shape index (κ3) is 5.18. The summed E-state index contributed by atoms with van der Waals surface area (Å²) in [6.07, 6.45) is 1.37. The largest absolute Gasteiger partial charge is 0.322 e. The molecule has 1 heterocycles. The maximum atomic E-state index is 12.7. The molecule has 0 unspecified atom stereocenters. The minimum Gasteiger partial charge on any atom is -0.322 e. The second kappa shape index (κ2) is 8.63. The summed E-state index contributed by atoms with van der Waals surface area (Å²) in [6.45, 7) is 6.33. The minimum atomic E-state index is -3.86. The topological polar surface area (TPSA) is 101 Å². The summed E-state index contributed by atoms with van der Waals surface area (Å²) in [5.41, 5.74) is 3.42. The molecule has 8 heteroatoms. The van der Waals surface area contributed by atoms with Gasteiger partial charge in [0.25, 0.3) is 15.9 Å². The average molecular weight is 461 g/mol. The minimum absolute atomic E-state index is 0.00277. The summed E-state index contributed by atoms with van der Waals surface area (Å²) in [7, 11) is -3.86. The van der Waals surface area contributed by atoms with Crippen LogP contribution in [-0.4, -0.2) is 24.3 Å². The molecule has 0 aliphatic carbocycles. The van der Waals surface area contributed by atoms with Gasteiger partial charge in [-0.15, -0.1) is 0 Å². The predicted molar refractivity (Wildman–Crippen MR) is 130 cm³/mol. The van der Waals surface area contributed by atoms with E-state index in [1.165, 1.54) is 18.3 Å². The van der Waals surface area contributed by atoms with Gasteiger partial charge in [0.15, 0.2) is 5.82 Å². The van der Waals surface area contributed by atoms with Crippen LogP contribution in [0.25, 0.3) is 11.0 Å². The van der Waals surface area contributed by atoms with Gasteiger partial charge < -0.3 is 5.32 Å². The molecule has 0 saturated carbocycles. The summed E-state index contributed by atoms with van der Waals surface area (Å²) in [6, 6.07) is 20.6. The molecule has 1 amide bonds. The highest BCUT2D eigenvalue weighted by Crippen LogP contribution is 2.23. The Morgan fingerprint density at radius 3 is 2.12 bits per heavy atom. The summed E-state index contributed by atoms with van der Waals surface area (Å²) in [5, 5.41) is 2.79. The maximum absolute atomic E-state index is 12.7. The van der Waals surface area contributed by atoms with Crippen LogP contribution in [-0.2, 0) is 15.4 Å². The van der Waals surface area contributed by atoms with E-state index in [4.69, 9.17) is 0 Å². The van der Waals surface area contributed by atoms with Crippen molar-refractivity contribution in [3.63, 3.8) is 0 Å². The van der Waals surface area contributed by atoms with Crippen LogP contribution in [0.1, 0.15) is 36.7 Å². The lowest BCUT2D eigenvalue weighted by atomic mass is 9.87. The molecule has 0 bridgehead atoms. The van der Waals surface area contributed by atoms with Gasteiger partial charge in [0.05, 0.1) is 22.1 Å². The van der Waals surface area contributed by atoms with Gasteiger partial charge in [-0.05, 0) is 59.5 Å². The third-order valence-corrected chi connectivity index (χ3v) is 6.49. The van der Waals surface area contributed by atoms with Crippen molar-refractivity contribution < 1.29 is 13.2 Å². The summed E-state index contributed by atoms with van der Waals surface area (Å²) >= 11 is 0. The smallest absolute Gasteiger partial charge is 0.263 e. The number of fused-ring (bicyclic) bond motifs is 1. The van der Waals surface area contributed by atoms with Crippen LogP contribution in [0.15, 0.2) is 83.9 Å². The molecule has 0 fully saturated rings. The van der Waals surface area contributed by atoms with Crippen LogP contribution >= 0.6 is 0 Å². The van der Waals surface area contributed by atoms with Crippen molar-refractivity contribution in [2.24, 2.45) is 0 Å². The first kappa shape index (κ1) is 22.4. The van der Waals surface area contributed by atoms with E-state index in [0.29, 0.717) is 22.3 Å². The lowest BCUT2D eigenvalue weighted by molar-refractivity contribution is 0.102. The zero-order chi connectivity index (χ0) is 23.6. The lowest BCUT2D eigenvalue weighted by Gasteiger charge is -2.19. The Morgan fingerprint density at radius 2 is 1.48 bits per heavy atom. The van der Waals surface area contributed by atoms with Gasteiger partial charge in [0.1, 0.15) is 0 Å². The van der Waals surface area contributed by atoms with Crippen LogP contribution in [0, 0.1) is 0 Å². The number of carbonyl (C=O) groups excluding carboxylic acids is 1. The quantitative estimate of drug-likeness (QED) is 0.437. The first-order valence-corrected chi connectivity index (χ1v) is 11.9. The molecule has 0 saturated heterocycles. The number of rotatable bonds is 5. The molecule has 1 aromatic heterocycles. The van der Waals surface area contributed by atoms with Crippen LogP contribution < -0.4 is 10.0 Å². The van der Waals surface area contributed by atoms with E-state index in [2.05, 4.69) is 40.8 Å². The second-order valence-corrected chi connectivity index (χ2v) is 10.3. The normalized spacial score (nSPS) is 11.8. The van der Waals surface area contributed by atoms with Crippen molar-refractivity contribution in [3.05, 3.63) is 90.1 Å². The molecule has 4 rings (SSSR count). The maximum Gasteiger partial charge on any atom is 0.263 e. The van der Waals surface area contributed by atoms with Gasteiger partial charge in [-0.1, -0.05) is 45.0 Å². The molecule has 0 aliphatic rings. The monoisotopic (exact) mass is 460 g/mol. The van der Waals surface area contributed by atoms with E-state index < -0.39 is 10.0 Å². The van der Waals surface area contributed by atoms with Crippen molar-refractivity contribution in [1.29, 1.82) is 0 Å². The van der Waals surface area contributed by atoms with Gasteiger partial charge in [0.2, 0.25) is 0 Å². The van der Waals surface area contributed by atoms with E-state index in [-0.39, 0.29) is 22.0 Å². The van der Waals surface area contributed by atoms with E-state index in [1.807, 2.05) is 18.2 Å². The molecule has 33 heavy (non-hydrogen) atoms. The van der Waals surface area contributed by atoms with Gasteiger partial charge in [-0.2, -0.15) is 0 Å². The summed E-state index contributed by atoms with van der Waals surface area (Å²) in [4.78, 5) is 21.1. The number of hydrogen-bond acceptors (Lipinski definition) is 5. The Hall–Kier alpha value is -3.78. The molecular formula is C25H24N4O3S. The fraction of sp³-hybridized carbons (Fsp3) is 0.160. The molecule has 168 valence electrons. The highest BCUT2D eigenvalue weighted by atomic mass is 32.2. The van der Waals surface area contributed by atoms with E-state index in [0.717, 1.165) is 5.56 Å². The van der Waals surface area contributed by atoms with Gasteiger partial charge >= 0.3 is 0 Å². The molecule has 4 aromatic rings. The molecule has 3 aromatic carbocycles. The van der Waals surface area contributed by atoms with Crippen molar-refractivity contribution in [2.45, 2.75) is 31.1 Å². The fourth-order valence-electron chi connectivity index (χ4n) is 3.25. The summed E-state index contributed by atoms with van der Waals surface area (Å²) < 4.78 is 27.9. The van der Waals surface area contributed by atoms with Crippen LogP contribution in [0.3, 0.4) is 0 Å². The van der Waals surface area contributed by atoms with Gasteiger partial charge in [0, 0.05) is 11.3 Å². The number of anilines is 2. The number of aromatic nitrogens is 2. The fourth-order valence-corrected chi connectivity index (χ4v) is 4.23. The van der Waals surface area contributed by atoms with Crippen LogP contribution in [0.5, 0.6) is 0 Å². The molecule has 2 N–H and O–H groups in total. The Labute approximate surface area is 193 Å². The zero-order valence-corrected chi connectivity index (χ0v) is 19.3. The first-order chi connectivity index (χ1) is 15.6. The highest BCUT2D eigenvalue weighted by molar-refractivity contribution is 7.92. The standard InChI is InChI=1S/C25H24N4O3S/c1-25(2,3)18-10-8-17(9-11-18)24(30)27-19-12-14-20(15-13-19)33(31,32)29-23-16-26-21-6-4-5-7-22(21)28-23/h4-16H,1-3H3,(H,27,30)(H,28,29). The molecule has 7 nitrogen and oxygen atoms in total. The third-order valence-electron chi connectivity index (χ3n) is 5.12. The number of nitrogens with one attached hydrogen (secondary N) is 2. The molecular weight excluding hydrogens is 436 g/mol.